The van der Waals surface area contributed by atoms with Crippen LogP contribution in [0.1, 0.15) is 32.2 Å². The minimum absolute atomic E-state index is 0.0116. The number of amides is 3. The van der Waals surface area contributed by atoms with Crippen LogP contribution in [0, 0.1) is 6.92 Å². The van der Waals surface area contributed by atoms with Gasteiger partial charge in [0.05, 0.1) is 17.1 Å². The average molecular weight is 378 g/mol. The number of anilines is 1. The van der Waals surface area contributed by atoms with Crippen molar-refractivity contribution in [3.8, 4) is 0 Å². The van der Waals surface area contributed by atoms with Crippen molar-refractivity contribution < 1.29 is 23.9 Å². The molecule has 3 amide bonds. The van der Waals surface area contributed by atoms with E-state index in [-0.39, 0.29) is 34.5 Å². The Kier molecular flexibility index (Phi) is 4.85. The fraction of sp³-hybridized carbons (Fsp3) is 0.235. The number of furan rings is 1. The fourth-order valence-corrected chi connectivity index (χ4v) is 2.88. The average Bonchev–Trinajstić information content (AvgIpc) is 3.19. The van der Waals surface area contributed by atoms with Gasteiger partial charge in [0.2, 0.25) is 0 Å². The Balaban J connectivity index is 1.74. The molecule has 2 heterocycles. The van der Waals surface area contributed by atoms with E-state index in [0.717, 1.165) is 0 Å². The van der Waals surface area contributed by atoms with Gasteiger partial charge in [-0.3, -0.25) is 9.69 Å². The number of hydrogen-bond donors (Lipinski definition) is 3. The number of halogens is 1. The van der Waals surface area contributed by atoms with Gasteiger partial charge in [0, 0.05) is 18.8 Å². The van der Waals surface area contributed by atoms with Gasteiger partial charge in [-0.2, -0.15) is 0 Å². The number of carboxylic acid groups (broad SMARTS) is 1. The summed E-state index contributed by atoms with van der Waals surface area (Å²) in [6.45, 7) is 2.59. The molecule has 0 bridgehead atoms. The summed E-state index contributed by atoms with van der Waals surface area (Å²) in [6.07, 6.45) is 0. The summed E-state index contributed by atoms with van der Waals surface area (Å²) in [4.78, 5) is 36.7. The zero-order chi connectivity index (χ0) is 18.8. The molecular weight excluding hydrogens is 362 g/mol. The van der Waals surface area contributed by atoms with Crippen molar-refractivity contribution in [1.82, 2.24) is 10.6 Å². The van der Waals surface area contributed by atoms with Gasteiger partial charge in [0.1, 0.15) is 17.1 Å². The van der Waals surface area contributed by atoms with Crippen LogP contribution in [0.2, 0.25) is 5.02 Å². The maximum Gasteiger partial charge on any atom is 0.339 e. The highest BCUT2D eigenvalue weighted by atomic mass is 35.5. The van der Waals surface area contributed by atoms with Gasteiger partial charge in [-0.05, 0) is 31.2 Å². The monoisotopic (exact) mass is 377 g/mol. The molecule has 2 aromatic rings. The smallest absolute Gasteiger partial charge is 0.339 e. The van der Waals surface area contributed by atoms with Gasteiger partial charge in [-0.25, -0.2) is 9.59 Å². The van der Waals surface area contributed by atoms with Crippen LogP contribution < -0.4 is 15.5 Å². The van der Waals surface area contributed by atoms with Gasteiger partial charge in [0.25, 0.3) is 5.91 Å². The molecule has 3 rings (SSSR count). The Morgan fingerprint density at radius 2 is 2.12 bits per heavy atom. The molecule has 3 N–H and O–H groups in total. The van der Waals surface area contributed by atoms with E-state index >= 15 is 0 Å². The summed E-state index contributed by atoms with van der Waals surface area (Å²) in [5.41, 5.74) is 0.830. The van der Waals surface area contributed by atoms with E-state index in [9.17, 15) is 14.4 Å². The van der Waals surface area contributed by atoms with Gasteiger partial charge >= 0.3 is 12.0 Å². The molecule has 0 atom stereocenters. The Morgan fingerprint density at radius 1 is 1.35 bits per heavy atom. The minimum Gasteiger partial charge on any atom is -0.478 e. The summed E-state index contributed by atoms with van der Waals surface area (Å²) < 4.78 is 5.32. The van der Waals surface area contributed by atoms with Crippen LogP contribution in [0.25, 0.3) is 0 Å². The molecule has 136 valence electrons. The normalized spacial score (nSPS) is 13.6. The second kappa shape index (κ2) is 7.09. The molecule has 1 fully saturated rings. The first-order valence-electron chi connectivity index (χ1n) is 7.82. The molecule has 1 aromatic carbocycles. The molecule has 0 unspecified atom stereocenters. The molecule has 0 spiro atoms. The standard InChI is InChI=1S/C17H16ClN3O5/c1-9-12(16(23)24)7-11(26-9)8-20-15(22)13-6-10(2-3-14(13)18)21-5-4-19-17(21)25/h2-3,6-7H,4-5,8H2,1H3,(H,19,25)(H,20,22)(H,23,24). The van der Waals surface area contributed by atoms with Gasteiger partial charge in [0.15, 0.2) is 0 Å². The van der Waals surface area contributed by atoms with Crippen molar-refractivity contribution in [2.45, 2.75) is 13.5 Å². The quantitative estimate of drug-likeness (QED) is 0.740. The predicted molar refractivity (Wildman–Crippen MR) is 93.8 cm³/mol. The number of carbonyl (C=O) groups excluding carboxylic acids is 2. The lowest BCUT2D eigenvalue weighted by Gasteiger charge is -2.16. The molecule has 26 heavy (non-hydrogen) atoms. The topological polar surface area (TPSA) is 112 Å². The number of rotatable bonds is 5. The zero-order valence-corrected chi connectivity index (χ0v) is 14.6. The number of carboxylic acids is 1. The first-order chi connectivity index (χ1) is 12.4. The molecule has 9 heteroatoms. The van der Waals surface area contributed by atoms with Crippen LogP contribution in [0.15, 0.2) is 28.7 Å². The molecule has 1 aliphatic heterocycles. The van der Waals surface area contributed by atoms with E-state index in [2.05, 4.69) is 10.6 Å². The van der Waals surface area contributed by atoms with Crippen LogP contribution in [0.3, 0.4) is 0 Å². The van der Waals surface area contributed by atoms with Crippen molar-refractivity contribution in [3.05, 3.63) is 51.9 Å². The lowest BCUT2D eigenvalue weighted by molar-refractivity contribution is 0.0694. The largest absolute Gasteiger partial charge is 0.478 e. The third-order valence-electron chi connectivity index (χ3n) is 3.99. The van der Waals surface area contributed by atoms with Crippen LogP contribution in [0.5, 0.6) is 0 Å². The molecule has 1 aromatic heterocycles. The number of nitrogens with zero attached hydrogens (tertiary/aromatic N) is 1. The van der Waals surface area contributed by atoms with E-state index in [4.69, 9.17) is 21.1 Å². The Hall–Kier alpha value is -3.00. The van der Waals surface area contributed by atoms with Crippen LogP contribution >= 0.6 is 11.6 Å². The molecule has 0 saturated carbocycles. The van der Waals surface area contributed by atoms with E-state index in [1.807, 2.05) is 0 Å². The van der Waals surface area contributed by atoms with Crippen LogP contribution in [-0.4, -0.2) is 36.1 Å². The third kappa shape index (κ3) is 3.50. The SMILES string of the molecule is Cc1oc(CNC(=O)c2cc(N3CCNC3=O)ccc2Cl)cc1C(=O)O. The predicted octanol–water partition coefficient (Wildman–Crippen LogP) is 2.40. The third-order valence-corrected chi connectivity index (χ3v) is 4.32. The number of carbonyl (C=O) groups is 3. The van der Waals surface area contributed by atoms with Gasteiger partial charge in [-0.15, -0.1) is 0 Å². The molecule has 1 aliphatic rings. The summed E-state index contributed by atoms with van der Waals surface area (Å²) in [7, 11) is 0. The van der Waals surface area contributed by atoms with Crippen molar-refractivity contribution in [2.24, 2.45) is 0 Å². The van der Waals surface area contributed by atoms with Gasteiger partial charge < -0.3 is 20.2 Å². The summed E-state index contributed by atoms with van der Waals surface area (Å²) >= 11 is 6.11. The van der Waals surface area contributed by atoms with Crippen LogP contribution in [-0.2, 0) is 6.54 Å². The van der Waals surface area contributed by atoms with Crippen molar-refractivity contribution >= 4 is 35.2 Å². The molecule has 0 aliphatic carbocycles. The second-order valence-electron chi connectivity index (χ2n) is 5.72. The number of benzene rings is 1. The molecule has 0 radical (unpaired) electrons. The Morgan fingerprint density at radius 3 is 2.73 bits per heavy atom. The van der Waals surface area contributed by atoms with Gasteiger partial charge in [-0.1, -0.05) is 11.6 Å². The summed E-state index contributed by atoms with van der Waals surface area (Å²) in [5, 5.41) is 14.6. The number of nitrogens with one attached hydrogen (secondary N) is 2. The maximum absolute atomic E-state index is 12.4. The van der Waals surface area contributed by atoms with Crippen LogP contribution in [0.4, 0.5) is 10.5 Å². The second-order valence-corrected chi connectivity index (χ2v) is 6.13. The number of urea groups is 1. The van der Waals surface area contributed by atoms with Crippen molar-refractivity contribution in [3.63, 3.8) is 0 Å². The molecule has 1 saturated heterocycles. The zero-order valence-electron chi connectivity index (χ0n) is 13.8. The molecular formula is C17H16ClN3O5. The van der Waals surface area contributed by atoms with E-state index in [1.165, 1.54) is 17.9 Å². The highest BCUT2D eigenvalue weighted by Gasteiger charge is 2.23. The highest BCUT2D eigenvalue weighted by Crippen LogP contribution is 2.24. The number of aryl methyl sites for hydroxylation is 1. The number of hydrogen-bond acceptors (Lipinski definition) is 4. The first kappa shape index (κ1) is 17.8. The lowest BCUT2D eigenvalue weighted by atomic mass is 10.1. The number of aromatic carboxylic acids is 1. The Labute approximate surface area is 153 Å². The van der Waals surface area contributed by atoms with Crippen molar-refractivity contribution in [2.75, 3.05) is 18.0 Å². The minimum atomic E-state index is -1.09. The summed E-state index contributed by atoms with van der Waals surface area (Å²) in [6, 6.07) is 5.89. The summed E-state index contributed by atoms with van der Waals surface area (Å²) in [5.74, 6) is -0.966. The van der Waals surface area contributed by atoms with E-state index in [1.54, 1.807) is 18.2 Å². The van der Waals surface area contributed by atoms with E-state index in [0.29, 0.717) is 24.5 Å². The lowest BCUT2D eigenvalue weighted by Crippen LogP contribution is -2.28. The van der Waals surface area contributed by atoms with E-state index < -0.39 is 11.9 Å². The highest BCUT2D eigenvalue weighted by molar-refractivity contribution is 6.34. The first-order valence-corrected chi connectivity index (χ1v) is 8.20. The maximum atomic E-state index is 12.4. The fourth-order valence-electron chi connectivity index (χ4n) is 2.68. The van der Waals surface area contributed by atoms with Crippen molar-refractivity contribution in [1.29, 1.82) is 0 Å². The molecule has 8 nitrogen and oxygen atoms in total. The Bertz CT molecular complexity index is 893.